The molecule has 35 heavy (non-hydrogen) atoms. The highest BCUT2D eigenvalue weighted by Gasteiger charge is 2.16. The number of hydrogen-bond donors (Lipinski definition) is 0. The summed E-state index contributed by atoms with van der Waals surface area (Å²) >= 11 is 3.43. The van der Waals surface area contributed by atoms with Gasteiger partial charge in [-0.15, -0.1) is 0 Å². The second-order valence-electron chi connectivity index (χ2n) is 8.10. The van der Waals surface area contributed by atoms with Crippen LogP contribution in [-0.4, -0.2) is 23.0 Å². The Balaban J connectivity index is 1.77. The zero-order chi connectivity index (χ0) is 24.9. The summed E-state index contributed by atoms with van der Waals surface area (Å²) < 4.78 is 27.2. The van der Waals surface area contributed by atoms with Gasteiger partial charge in [-0.1, -0.05) is 48.0 Å². The Morgan fingerprint density at radius 3 is 2.71 bits per heavy atom. The number of nitrogens with zero attached hydrogens (tertiary/aromatic N) is 3. The van der Waals surface area contributed by atoms with E-state index in [0.29, 0.717) is 39.4 Å². The molecule has 0 spiro atoms. The third-order valence-electron chi connectivity index (χ3n) is 5.70. The SMILES string of the molecule is CC[C@H](C)c1nc2ccc(Br)cc2c(=O)n1N=Cc1cccc(OC)c1OCc1cccc(F)c1. The summed E-state index contributed by atoms with van der Waals surface area (Å²) in [6, 6.07) is 17.0. The van der Waals surface area contributed by atoms with Crippen molar-refractivity contribution in [3.63, 3.8) is 0 Å². The van der Waals surface area contributed by atoms with Crippen molar-refractivity contribution in [2.75, 3.05) is 7.11 Å². The van der Waals surface area contributed by atoms with Gasteiger partial charge in [0.1, 0.15) is 18.2 Å². The smallest absolute Gasteiger partial charge is 0.282 e. The highest BCUT2D eigenvalue weighted by atomic mass is 79.9. The molecule has 180 valence electrons. The maximum atomic E-state index is 13.6. The number of fused-ring (bicyclic) bond motifs is 1. The topological polar surface area (TPSA) is 65.7 Å². The van der Waals surface area contributed by atoms with E-state index >= 15 is 0 Å². The number of benzene rings is 3. The molecule has 4 rings (SSSR count). The average molecular weight is 538 g/mol. The molecule has 0 N–H and O–H groups in total. The Hall–Kier alpha value is -3.52. The van der Waals surface area contributed by atoms with Crippen molar-refractivity contribution in [1.29, 1.82) is 0 Å². The van der Waals surface area contributed by atoms with Crippen molar-refractivity contribution < 1.29 is 13.9 Å². The first-order chi connectivity index (χ1) is 16.9. The van der Waals surface area contributed by atoms with Crippen molar-refractivity contribution in [2.45, 2.75) is 32.8 Å². The highest BCUT2D eigenvalue weighted by Crippen LogP contribution is 2.31. The van der Waals surface area contributed by atoms with Crippen LogP contribution in [0.4, 0.5) is 4.39 Å². The van der Waals surface area contributed by atoms with Crippen LogP contribution in [0.5, 0.6) is 11.5 Å². The van der Waals surface area contributed by atoms with Crippen LogP contribution < -0.4 is 15.0 Å². The monoisotopic (exact) mass is 537 g/mol. The van der Waals surface area contributed by atoms with Gasteiger partial charge in [0, 0.05) is 16.0 Å². The number of aromatic nitrogens is 2. The quantitative estimate of drug-likeness (QED) is 0.248. The molecule has 0 aliphatic heterocycles. The number of halogens is 2. The van der Waals surface area contributed by atoms with Gasteiger partial charge >= 0.3 is 0 Å². The Labute approximate surface area is 211 Å². The number of methoxy groups -OCH3 is 1. The molecule has 0 unspecified atom stereocenters. The van der Waals surface area contributed by atoms with Gasteiger partial charge in [-0.3, -0.25) is 4.79 Å². The molecule has 8 heteroatoms. The highest BCUT2D eigenvalue weighted by molar-refractivity contribution is 9.10. The van der Waals surface area contributed by atoms with Gasteiger partial charge in [0.05, 0.1) is 24.2 Å². The summed E-state index contributed by atoms with van der Waals surface area (Å²) in [6.07, 6.45) is 2.35. The lowest BCUT2D eigenvalue weighted by Crippen LogP contribution is -2.23. The lowest BCUT2D eigenvalue weighted by molar-refractivity contribution is 0.283. The second-order valence-corrected chi connectivity index (χ2v) is 9.02. The third-order valence-corrected chi connectivity index (χ3v) is 6.19. The third kappa shape index (κ3) is 5.43. The second kappa shape index (κ2) is 10.8. The van der Waals surface area contributed by atoms with E-state index in [2.05, 4.69) is 21.0 Å². The zero-order valence-corrected chi connectivity index (χ0v) is 21.3. The van der Waals surface area contributed by atoms with Crippen molar-refractivity contribution >= 4 is 33.0 Å². The normalized spacial score (nSPS) is 12.3. The van der Waals surface area contributed by atoms with Crippen molar-refractivity contribution in [2.24, 2.45) is 5.10 Å². The molecule has 0 aliphatic rings. The van der Waals surface area contributed by atoms with Gasteiger partial charge < -0.3 is 9.47 Å². The number of rotatable bonds is 8. The molecule has 0 saturated heterocycles. The van der Waals surface area contributed by atoms with Crippen LogP contribution in [0.25, 0.3) is 10.9 Å². The molecule has 3 aromatic carbocycles. The lowest BCUT2D eigenvalue weighted by atomic mass is 10.1. The molecule has 6 nitrogen and oxygen atoms in total. The van der Waals surface area contributed by atoms with Crippen LogP contribution in [0.2, 0.25) is 0 Å². The van der Waals surface area contributed by atoms with Gasteiger partial charge in [0.2, 0.25) is 0 Å². The number of ether oxygens (including phenoxy) is 2. The van der Waals surface area contributed by atoms with Crippen LogP contribution >= 0.6 is 15.9 Å². The molecule has 0 aliphatic carbocycles. The van der Waals surface area contributed by atoms with Crippen LogP contribution in [0.3, 0.4) is 0 Å². The van der Waals surface area contributed by atoms with E-state index < -0.39 is 0 Å². The van der Waals surface area contributed by atoms with Gasteiger partial charge in [-0.05, 0) is 54.4 Å². The van der Waals surface area contributed by atoms with Gasteiger partial charge in [0.25, 0.3) is 5.56 Å². The largest absolute Gasteiger partial charge is 0.493 e. The minimum atomic E-state index is -0.333. The van der Waals surface area contributed by atoms with E-state index in [1.165, 1.54) is 16.8 Å². The Bertz CT molecular complexity index is 1450. The molecule has 4 aromatic rings. The predicted octanol–water partition coefficient (Wildman–Crippen LogP) is 6.28. The first-order valence-corrected chi connectivity index (χ1v) is 12.0. The standard InChI is InChI=1S/C27H25BrFN3O3/c1-4-17(2)26-31-23-12-11-20(28)14-22(23)27(33)32(26)30-15-19-8-6-10-24(34-3)25(19)35-16-18-7-5-9-21(29)13-18/h5-15,17H,4,16H2,1-3H3/t17-/m0/s1. The van der Waals surface area contributed by atoms with Crippen LogP contribution in [0.1, 0.15) is 43.1 Å². The number of para-hydroxylation sites is 1. The maximum absolute atomic E-state index is 13.6. The fourth-order valence-electron chi connectivity index (χ4n) is 3.63. The molecule has 1 atom stereocenters. The van der Waals surface area contributed by atoms with Crippen LogP contribution in [0, 0.1) is 5.82 Å². The molecule has 0 amide bonds. The summed E-state index contributed by atoms with van der Waals surface area (Å²) in [5, 5.41) is 5.01. The molecule has 0 bridgehead atoms. The minimum Gasteiger partial charge on any atom is -0.493 e. The van der Waals surface area contributed by atoms with Gasteiger partial charge in [0.15, 0.2) is 11.5 Å². The van der Waals surface area contributed by atoms with Gasteiger partial charge in [-0.2, -0.15) is 9.78 Å². The first kappa shape index (κ1) is 24.6. The van der Waals surface area contributed by atoms with E-state index in [1.807, 2.05) is 38.1 Å². The zero-order valence-electron chi connectivity index (χ0n) is 19.7. The predicted molar refractivity (Wildman–Crippen MR) is 139 cm³/mol. The van der Waals surface area contributed by atoms with Crippen molar-refractivity contribution in [3.8, 4) is 11.5 Å². The molecule has 1 aromatic heterocycles. The van der Waals surface area contributed by atoms with E-state index in [1.54, 1.807) is 37.6 Å². The van der Waals surface area contributed by atoms with Crippen molar-refractivity contribution in [3.05, 3.63) is 98.3 Å². The summed E-state index contributed by atoms with van der Waals surface area (Å²) in [5.74, 6) is 1.20. The molecule has 1 heterocycles. The minimum absolute atomic E-state index is 0.0157. The maximum Gasteiger partial charge on any atom is 0.282 e. The summed E-state index contributed by atoms with van der Waals surface area (Å²) in [6.45, 7) is 4.19. The van der Waals surface area contributed by atoms with Crippen LogP contribution in [0.15, 0.2) is 75.0 Å². The number of hydrogen-bond acceptors (Lipinski definition) is 5. The van der Waals surface area contributed by atoms with Crippen LogP contribution in [-0.2, 0) is 6.61 Å². The summed E-state index contributed by atoms with van der Waals surface area (Å²) in [4.78, 5) is 18.1. The Kier molecular flexibility index (Phi) is 7.60. The lowest BCUT2D eigenvalue weighted by Gasteiger charge is -2.15. The average Bonchev–Trinajstić information content (AvgIpc) is 2.86. The fraction of sp³-hybridized carbons (Fsp3) is 0.222. The summed E-state index contributed by atoms with van der Waals surface area (Å²) in [7, 11) is 1.54. The molecule has 0 saturated carbocycles. The molecular weight excluding hydrogens is 513 g/mol. The molecular formula is C27H25BrFN3O3. The Morgan fingerprint density at radius 1 is 1.17 bits per heavy atom. The van der Waals surface area contributed by atoms with E-state index in [4.69, 9.17) is 14.5 Å². The Morgan fingerprint density at radius 2 is 1.97 bits per heavy atom. The molecule has 0 radical (unpaired) electrons. The summed E-state index contributed by atoms with van der Waals surface area (Å²) in [5.41, 5.74) is 1.66. The van der Waals surface area contributed by atoms with E-state index in [-0.39, 0.29) is 23.9 Å². The first-order valence-electron chi connectivity index (χ1n) is 11.2. The van der Waals surface area contributed by atoms with E-state index in [9.17, 15) is 9.18 Å². The van der Waals surface area contributed by atoms with Gasteiger partial charge in [-0.25, -0.2) is 9.37 Å². The molecule has 0 fully saturated rings. The van der Waals surface area contributed by atoms with E-state index in [0.717, 1.165) is 10.9 Å². The van der Waals surface area contributed by atoms with Crippen molar-refractivity contribution in [1.82, 2.24) is 9.66 Å². The fourth-order valence-corrected chi connectivity index (χ4v) is 3.99.